The maximum Gasteiger partial charge on any atom is 0.411 e. The molecule has 9 nitrogen and oxygen atoms in total. The van der Waals surface area contributed by atoms with Crippen molar-refractivity contribution in [3.8, 4) is 17.2 Å². The van der Waals surface area contributed by atoms with Crippen LogP contribution in [-0.2, 0) is 20.9 Å². The highest BCUT2D eigenvalue weighted by Gasteiger charge is 2.39. The third kappa shape index (κ3) is 7.28. The lowest BCUT2D eigenvalue weighted by molar-refractivity contribution is -0.139. The van der Waals surface area contributed by atoms with Gasteiger partial charge in [0.1, 0.15) is 18.8 Å². The lowest BCUT2D eigenvalue weighted by Gasteiger charge is -2.41. The zero-order valence-electron chi connectivity index (χ0n) is 22.2. The molecule has 1 atom stereocenters. The number of carbonyl (C=O) groups is 3. The van der Waals surface area contributed by atoms with E-state index in [0.29, 0.717) is 29.5 Å². The Bertz CT molecular complexity index is 1320. The summed E-state index contributed by atoms with van der Waals surface area (Å²) in [5.41, 5.74) is 0.673. The van der Waals surface area contributed by atoms with E-state index in [4.69, 9.17) is 14.2 Å². The minimum Gasteiger partial charge on any atom is -0.485 e. The van der Waals surface area contributed by atoms with Gasteiger partial charge in [-0.25, -0.2) is 4.79 Å². The molecule has 0 saturated carbocycles. The number of aliphatic carboxylic acids is 1. The van der Waals surface area contributed by atoms with Crippen LogP contribution in [0.3, 0.4) is 0 Å². The fourth-order valence-corrected chi connectivity index (χ4v) is 4.19. The monoisotopic (exact) mass is 532 g/mol. The summed E-state index contributed by atoms with van der Waals surface area (Å²) in [6.07, 6.45) is -1.07. The Hall–Kier alpha value is -4.53. The summed E-state index contributed by atoms with van der Waals surface area (Å²) in [7, 11) is 0. The Morgan fingerprint density at radius 1 is 0.897 bits per heavy atom. The molecule has 0 aromatic heterocycles. The van der Waals surface area contributed by atoms with Crippen molar-refractivity contribution in [1.29, 1.82) is 0 Å². The largest absolute Gasteiger partial charge is 0.485 e. The highest BCUT2D eigenvalue weighted by atomic mass is 16.6. The second-order valence-electron chi connectivity index (χ2n) is 10.2. The van der Waals surface area contributed by atoms with Crippen LogP contribution in [-0.4, -0.2) is 52.7 Å². The number of carboxylic acid groups (broad SMARTS) is 1. The van der Waals surface area contributed by atoms with Gasteiger partial charge in [0.25, 0.3) is 0 Å². The van der Waals surface area contributed by atoms with Crippen molar-refractivity contribution in [3.63, 3.8) is 0 Å². The van der Waals surface area contributed by atoms with E-state index in [0.717, 1.165) is 5.56 Å². The molecule has 1 fully saturated rings. The maximum atomic E-state index is 13.3. The average Bonchev–Trinajstić information content (AvgIpc) is 2.89. The van der Waals surface area contributed by atoms with Gasteiger partial charge in [-0.3, -0.25) is 14.5 Å². The zero-order chi connectivity index (χ0) is 28.0. The van der Waals surface area contributed by atoms with Gasteiger partial charge in [-0.05, 0) is 50.6 Å². The molecule has 0 radical (unpaired) electrons. The number of rotatable bonds is 8. The molecule has 1 saturated heterocycles. The van der Waals surface area contributed by atoms with Crippen LogP contribution in [0.4, 0.5) is 10.5 Å². The molecule has 0 unspecified atom stereocenters. The van der Waals surface area contributed by atoms with E-state index >= 15 is 0 Å². The third-order valence-electron chi connectivity index (χ3n) is 5.94. The Labute approximate surface area is 227 Å². The molecule has 1 N–H and O–H groups in total. The second kappa shape index (κ2) is 11.9. The fourth-order valence-electron chi connectivity index (χ4n) is 4.19. The standard InChI is InChI=1S/C30H32N2O7/c1-30(2,3)39-29(36)31-19-27(33)32(18-22(31)17-28(34)35)23-13-7-8-14-24(23)38-26-16-10-9-15-25(26)37-20-21-11-5-4-6-12-21/h4-16,22H,17-20H2,1-3H3,(H,34,35)/t22-/m0/s1. The van der Waals surface area contributed by atoms with Crippen molar-refractivity contribution in [2.24, 2.45) is 0 Å². The van der Waals surface area contributed by atoms with Crippen LogP contribution in [0.2, 0.25) is 0 Å². The van der Waals surface area contributed by atoms with Crippen LogP contribution in [0, 0.1) is 0 Å². The van der Waals surface area contributed by atoms with E-state index < -0.39 is 23.7 Å². The fraction of sp³-hybridized carbons (Fsp3) is 0.300. The Kier molecular flexibility index (Phi) is 8.39. The Morgan fingerprint density at radius 3 is 2.18 bits per heavy atom. The zero-order valence-corrected chi connectivity index (χ0v) is 22.2. The first kappa shape index (κ1) is 27.5. The van der Waals surface area contributed by atoms with Crippen LogP contribution in [0.5, 0.6) is 17.2 Å². The van der Waals surface area contributed by atoms with E-state index in [9.17, 15) is 19.5 Å². The van der Waals surface area contributed by atoms with Crippen LogP contribution in [0.15, 0.2) is 78.9 Å². The molecule has 3 aromatic carbocycles. The van der Waals surface area contributed by atoms with Gasteiger partial charge in [-0.2, -0.15) is 0 Å². The highest BCUT2D eigenvalue weighted by Crippen LogP contribution is 2.38. The summed E-state index contributed by atoms with van der Waals surface area (Å²) >= 11 is 0. The van der Waals surface area contributed by atoms with Gasteiger partial charge in [0, 0.05) is 6.54 Å². The number of hydrogen-bond acceptors (Lipinski definition) is 6. The third-order valence-corrected chi connectivity index (χ3v) is 5.94. The predicted octanol–water partition coefficient (Wildman–Crippen LogP) is 5.48. The first-order valence-electron chi connectivity index (χ1n) is 12.6. The van der Waals surface area contributed by atoms with Crippen molar-refractivity contribution in [2.75, 3.05) is 18.0 Å². The number of para-hydroxylation sites is 4. The van der Waals surface area contributed by atoms with Crippen LogP contribution in [0.25, 0.3) is 0 Å². The normalized spacial score (nSPS) is 15.6. The van der Waals surface area contributed by atoms with Gasteiger partial charge in [-0.15, -0.1) is 0 Å². The average molecular weight is 533 g/mol. The van der Waals surface area contributed by atoms with Crippen LogP contribution >= 0.6 is 0 Å². The van der Waals surface area contributed by atoms with E-state index in [2.05, 4.69) is 0 Å². The topological polar surface area (TPSA) is 106 Å². The van der Waals surface area contributed by atoms with Gasteiger partial charge in [0.15, 0.2) is 17.2 Å². The van der Waals surface area contributed by atoms with E-state index in [1.54, 1.807) is 57.2 Å². The summed E-state index contributed by atoms with van der Waals surface area (Å²) in [5.74, 6) is -0.0887. The number of amides is 2. The summed E-state index contributed by atoms with van der Waals surface area (Å²) in [5, 5.41) is 9.51. The molecule has 0 bridgehead atoms. The number of benzene rings is 3. The van der Waals surface area contributed by atoms with Crippen molar-refractivity contribution >= 4 is 23.7 Å². The van der Waals surface area contributed by atoms with E-state index in [1.165, 1.54) is 9.80 Å². The van der Waals surface area contributed by atoms with E-state index in [-0.39, 0.29) is 25.4 Å². The number of nitrogens with zero attached hydrogens (tertiary/aromatic N) is 2. The van der Waals surface area contributed by atoms with Gasteiger partial charge >= 0.3 is 12.1 Å². The summed E-state index contributed by atoms with van der Waals surface area (Å²) < 4.78 is 17.7. The quantitative estimate of drug-likeness (QED) is 0.409. The first-order chi connectivity index (χ1) is 18.6. The molecular weight excluding hydrogens is 500 g/mol. The van der Waals surface area contributed by atoms with Crippen molar-refractivity contribution < 1.29 is 33.7 Å². The molecule has 1 aliphatic heterocycles. The number of ether oxygens (including phenoxy) is 3. The smallest absolute Gasteiger partial charge is 0.411 e. The number of carboxylic acids is 1. The molecule has 39 heavy (non-hydrogen) atoms. The molecule has 1 aliphatic rings. The first-order valence-corrected chi connectivity index (χ1v) is 12.6. The molecular formula is C30H32N2O7. The number of anilines is 1. The summed E-state index contributed by atoms with van der Waals surface area (Å²) in [4.78, 5) is 40.4. The van der Waals surface area contributed by atoms with Crippen molar-refractivity contribution in [2.45, 2.75) is 45.4 Å². The molecule has 9 heteroatoms. The number of carbonyl (C=O) groups excluding carboxylic acids is 2. The van der Waals surface area contributed by atoms with Gasteiger partial charge in [0.2, 0.25) is 5.91 Å². The van der Waals surface area contributed by atoms with Crippen molar-refractivity contribution in [3.05, 3.63) is 84.4 Å². The predicted molar refractivity (Wildman–Crippen MR) is 145 cm³/mol. The number of hydrogen-bond donors (Lipinski definition) is 1. The van der Waals surface area contributed by atoms with Crippen LogP contribution < -0.4 is 14.4 Å². The molecule has 0 spiro atoms. The minimum absolute atomic E-state index is 0.0308. The lowest BCUT2D eigenvalue weighted by Crippen LogP contribution is -2.59. The van der Waals surface area contributed by atoms with Crippen LogP contribution in [0.1, 0.15) is 32.8 Å². The Balaban J connectivity index is 1.57. The van der Waals surface area contributed by atoms with Crippen molar-refractivity contribution in [1.82, 2.24) is 4.90 Å². The Morgan fingerprint density at radius 2 is 1.51 bits per heavy atom. The maximum absolute atomic E-state index is 13.3. The summed E-state index contributed by atoms with van der Waals surface area (Å²) in [6.45, 7) is 5.14. The molecule has 4 rings (SSSR count). The SMILES string of the molecule is CC(C)(C)OC(=O)N1CC(=O)N(c2ccccc2Oc2ccccc2OCc2ccccc2)C[C@@H]1CC(=O)O. The number of piperazine rings is 1. The highest BCUT2D eigenvalue weighted by molar-refractivity contribution is 5.99. The van der Waals surface area contributed by atoms with Gasteiger partial charge in [0.05, 0.1) is 18.2 Å². The lowest BCUT2D eigenvalue weighted by atomic mass is 10.1. The summed E-state index contributed by atoms with van der Waals surface area (Å²) in [6, 6.07) is 23.2. The molecule has 2 amide bonds. The van der Waals surface area contributed by atoms with E-state index in [1.807, 2.05) is 42.5 Å². The second-order valence-corrected chi connectivity index (χ2v) is 10.2. The minimum atomic E-state index is -1.09. The molecule has 204 valence electrons. The molecule has 3 aromatic rings. The van der Waals surface area contributed by atoms with Gasteiger partial charge < -0.3 is 24.2 Å². The van der Waals surface area contributed by atoms with Gasteiger partial charge in [-0.1, -0.05) is 54.6 Å². The molecule has 0 aliphatic carbocycles. The molecule has 1 heterocycles.